The van der Waals surface area contributed by atoms with Crippen LogP contribution in [0.1, 0.15) is 40.0 Å². The SMILES string of the molecule is CCCOCC(=O)OCC(O)C(O)C(O)C(O)CO.CCCOCC=O.CCCOCC=O.II.O=C1COCCO1.OCC(O)C(O)C(O)C(O)CO. The summed E-state index contributed by atoms with van der Waals surface area (Å²) in [7, 11) is 0. The Labute approximate surface area is 338 Å². The number of ether oxygens (including phenoxy) is 6. The topological polar surface area (TPSA) is 346 Å². The zero-order chi connectivity index (χ0) is 42.7. The summed E-state index contributed by atoms with van der Waals surface area (Å²) in [5.41, 5.74) is 0. The van der Waals surface area contributed by atoms with Crippen LogP contribution in [-0.4, -0.2) is 215 Å². The van der Waals surface area contributed by atoms with Gasteiger partial charge in [0.25, 0.3) is 0 Å². The van der Waals surface area contributed by atoms with Crippen molar-refractivity contribution in [1.29, 1.82) is 0 Å². The maximum absolute atomic E-state index is 11.1. The van der Waals surface area contributed by atoms with Gasteiger partial charge in [-0.15, -0.1) is 0 Å². The number of aliphatic hydroxyl groups is 11. The predicted molar refractivity (Wildman–Crippen MR) is 206 cm³/mol. The van der Waals surface area contributed by atoms with Gasteiger partial charge in [-0.3, -0.25) is 0 Å². The van der Waals surface area contributed by atoms with Crippen molar-refractivity contribution < 1.29 is 104 Å². The van der Waals surface area contributed by atoms with E-state index in [0.29, 0.717) is 33.0 Å². The molecule has 0 aromatic heterocycles. The molecule has 21 nitrogen and oxygen atoms in total. The summed E-state index contributed by atoms with van der Waals surface area (Å²) in [5.74, 6) is -0.969. The van der Waals surface area contributed by atoms with Crippen LogP contribution in [0, 0.1) is 0 Å². The molecular weight excluding hydrogens is 962 g/mol. The number of aldehydes is 2. The minimum Gasteiger partial charge on any atom is -0.462 e. The molecule has 0 aromatic carbocycles. The van der Waals surface area contributed by atoms with Gasteiger partial charge < -0.3 is 94.2 Å². The van der Waals surface area contributed by atoms with Gasteiger partial charge in [0.15, 0.2) is 0 Å². The number of carbonyl (C=O) groups excluding carboxylic acids is 4. The van der Waals surface area contributed by atoms with Crippen molar-refractivity contribution in [2.75, 3.05) is 85.9 Å². The Balaban J connectivity index is -0.000000196. The third-order valence-corrected chi connectivity index (χ3v) is 5.60. The molecule has 8 atom stereocenters. The molecule has 1 aliphatic heterocycles. The fourth-order valence-corrected chi connectivity index (χ4v) is 2.82. The van der Waals surface area contributed by atoms with Crippen LogP contribution in [0.5, 0.6) is 0 Å². The van der Waals surface area contributed by atoms with Crippen LogP contribution >= 0.6 is 37.2 Å². The molecule has 11 N–H and O–H groups in total. The first-order valence-corrected chi connectivity index (χ1v) is 22.9. The Morgan fingerprint density at radius 2 is 1.04 bits per heavy atom. The smallest absolute Gasteiger partial charge is 0.332 e. The van der Waals surface area contributed by atoms with Crippen LogP contribution in [0.25, 0.3) is 0 Å². The maximum atomic E-state index is 11.1. The Kier molecular flexibility index (Phi) is 55.7. The van der Waals surface area contributed by atoms with E-state index in [1.54, 1.807) is 0 Å². The standard InChI is InChI=1S/C11H22O8.C6H14O6.2C5H10O2.C4H6O3.I2/c1-2-3-18-6-9(15)19-5-8(14)11(17)10(16)7(13)4-12;7-1-3(9)5(11)6(12)4(10)2-8;2*1-2-4-7-5-3-6;5-4-3-6-1-2-7-4;1-2/h7-8,10-14,16-17H,2-6H2,1H3;3-12H,1-2H2;2*3H,2,4-5H2,1H3;1-3H2;. The molecule has 0 aromatic rings. The van der Waals surface area contributed by atoms with Gasteiger partial charge in [-0.05, 0) is 19.3 Å². The Morgan fingerprint density at radius 3 is 1.31 bits per heavy atom. The summed E-state index contributed by atoms with van der Waals surface area (Å²) in [4.78, 5) is 40.3. The van der Waals surface area contributed by atoms with Gasteiger partial charge >= 0.3 is 11.9 Å². The zero-order valence-electron chi connectivity index (χ0n) is 30.8. The lowest BCUT2D eigenvalue weighted by atomic mass is 10.0. The van der Waals surface area contributed by atoms with Crippen molar-refractivity contribution in [2.24, 2.45) is 0 Å². The minimum absolute atomic E-state index is 0.125. The second kappa shape index (κ2) is 48.3. The van der Waals surface area contributed by atoms with E-state index in [4.69, 9.17) is 59.8 Å². The molecule has 0 amide bonds. The minimum atomic E-state index is -1.74. The van der Waals surface area contributed by atoms with Crippen molar-refractivity contribution in [2.45, 2.75) is 88.9 Å². The van der Waals surface area contributed by atoms with Crippen LogP contribution in [-0.2, 0) is 47.6 Å². The fourth-order valence-electron chi connectivity index (χ4n) is 2.82. The van der Waals surface area contributed by atoms with Crippen LogP contribution in [0.2, 0.25) is 0 Å². The second-order valence-corrected chi connectivity index (χ2v) is 10.3. The van der Waals surface area contributed by atoms with Crippen molar-refractivity contribution >= 4 is 61.7 Å². The summed E-state index contributed by atoms with van der Waals surface area (Å²) >= 11 is 4.24. The molecule has 1 rings (SSSR count). The number of halogens is 2. The largest absolute Gasteiger partial charge is 0.462 e. The molecule has 0 radical (unpaired) electrons. The maximum Gasteiger partial charge on any atom is 0.332 e. The molecule has 0 spiro atoms. The average molecular weight is 1020 g/mol. The third kappa shape index (κ3) is 42.3. The van der Waals surface area contributed by atoms with E-state index in [2.05, 4.69) is 46.7 Å². The summed E-state index contributed by atoms with van der Waals surface area (Å²) in [6.45, 7) is 6.21. The highest BCUT2D eigenvalue weighted by molar-refractivity contribution is 15.0. The number of esters is 2. The van der Waals surface area contributed by atoms with Crippen LogP contribution in [0.4, 0.5) is 0 Å². The molecule has 1 heterocycles. The lowest BCUT2D eigenvalue weighted by Gasteiger charge is -2.25. The molecule has 1 fully saturated rings. The normalized spacial score (nSPS) is 16.1. The van der Waals surface area contributed by atoms with Crippen molar-refractivity contribution in [3.05, 3.63) is 0 Å². The first kappa shape index (κ1) is 62.3. The van der Waals surface area contributed by atoms with Gasteiger partial charge in [-0.2, -0.15) is 0 Å². The monoisotopic (exact) mass is 1020 g/mol. The van der Waals surface area contributed by atoms with E-state index in [1.807, 2.05) is 20.8 Å². The molecule has 0 bridgehead atoms. The van der Waals surface area contributed by atoms with Crippen LogP contribution in [0.15, 0.2) is 0 Å². The van der Waals surface area contributed by atoms with Gasteiger partial charge in [0.05, 0.1) is 26.4 Å². The number of hydrogen-bond acceptors (Lipinski definition) is 21. The summed E-state index contributed by atoms with van der Waals surface area (Å²) in [6.07, 6.45) is -8.81. The zero-order valence-corrected chi connectivity index (χ0v) is 35.2. The first-order valence-electron chi connectivity index (χ1n) is 16.6. The van der Waals surface area contributed by atoms with E-state index in [0.717, 1.165) is 31.8 Å². The summed E-state index contributed by atoms with van der Waals surface area (Å²) in [6, 6.07) is 0. The third-order valence-electron chi connectivity index (χ3n) is 5.60. The van der Waals surface area contributed by atoms with E-state index < -0.39 is 81.2 Å². The number of hydrogen-bond donors (Lipinski definition) is 11. The number of rotatable bonds is 23. The lowest BCUT2D eigenvalue weighted by molar-refractivity contribution is -0.160. The van der Waals surface area contributed by atoms with Crippen LogP contribution in [0.3, 0.4) is 0 Å². The fraction of sp³-hybridized carbons (Fsp3) is 0.871. The Morgan fingerprint density at radius 1 is 0.667 bits per heavy atom. The van der Waals surface area contributed by atoms with E-state index in [9.17, 15) is 34.5 Å². The predicted octanol–water partition coefficient (Wildman–Crippen LogP) is -3.64. The van der Waals surface area contributed by atoms with Crippen molar-refractivity contribution in [3.8, 4) is 0 Å². The highest BCUT2D eigenvalue weighted by atomic mass is 128. The van der Waals surface area contributed by atoms with Gasteiger partial charge in [0.2, 0.25) is 0 Å². The molecule has 8 unspecified atom stereocenters. The van der Waals surface area contributed by atoms with Crippen LogP contribution < -0.4 is 0 Å². The van der Waals surface area contributed by atoms with Gasteiger partial charge in [0, 0.05) is 57.1 Å². The summed E-state index contributed by atoms with van der Waals surface area (Å²) < 4.78 is 28.3. The highest BCUT2D eigenvalue weighted by Gasteiger charge is 2.31. The molecule has 0 saturated carbocycles. The number of cyclic esters (lactones) is 1. The Bertz CT molecular complexity index is 783. The molecule has 54 heavy (non-hydrogen) atoms. The molecular formula is C31H62I2O21. The van der Waals surface area contributed by atoms with E-state index >= 15 is 0 Å². The highest BCUT2D eigenvalue weighted by Crippen LogP contribution is 2.06. The molecule has 23 heteroatoms. The van der Waals surface area contributed by atoms with Gasteiger partial charge in [-0.25, -0.2) is 9.59 Å². The second-order valence-electron chi connectivity index (χ2n) is 10.3. The first-order chi connectivity index (χ1) is 25.7. The van der Waals surface area contributed by atoms with Crippen molar-refractivity contribution in [1.82, 2.24) is 0 Å². The number of aliphatic hydroxyl groups excluding tert-OH is 11. The lowest BCUT2D eigenvalue weighted by Crippen LogP contribution is -2.47. The molecule has 326 valence electrons. The van der Waals surface area contributed by atoms with Crippen molar-refractivity contribution in [3.63, 3.8) is 0 Å². The van der Waals surface area contributed by atoms with Gasteiger partial charge in [-0.1, -0.05) is 20.8 Å². The molecule has 1 saturated heterocycles. The average Bonchev–Trinajstić information content (AvgIpc) is 3.20. The Hall–Kier alpha value is -0.860. The molecule has 0 aliphatic carbocycles. The van der Waals surface area contributed by atoms with E-state index in [-0.39, 0.29) is 32.4 Å². The molecule has 1 aliphatic rings. The number of carbonyl (C=O) groups is 4. The quantitative estimate of drug-likeness (QED) is 0.0204. The van der Waals surface area contributed by atoms with E-state index in [1.165, 1.54) is 0 Å². The van der Waals surface area contributed by atoms with Gasteiger partial charge in [0.1, 0.15) is 101 Å². The summed E-state index contributed by atoms with van der Waals surface area (Å²) in [5, 5.41) is 98.0.